The van der Waals surface area contributed by atoms with Crippen molar-refractivity contribution >= 4 is 69.5 Å². The van der Waals surface area contributed by atoms with Crippen LogP contribution in [0.1, 0.15) is 38.1 Å². The van der Waals surface area contributed by atoms with Crippen LogP contribution in [0.15, 0.2) is 18.3 Å². The number of carbonyl (C=O) groups excluding carboxylic acids is 1. The van der Waals surface area contributed by atoms with Crippen molar-refractivity contribution in [3.8, 4) is 0 Å². The number of anilines is 3. The average molecular weight is 556 g/mol. The number of carbonyl (C=O) groups is 1. The Morgan fingerprint density at radius 2 is 1.83 bits per heavy atom. The third-order valence-corrected chi connectivity index (χ3v) is 7.68. The van der Waals surface area contributed by atoms with E-state index in [1.54, 1.807) is 18.3 Å². The molecule has 1 saturated heterocycles. The van der Waals surface area contributed by atoms with Gasteiger partial charge in [0.1, 0.15) is 11.7 Å². The lowest BCUT2D eigenvalue weighted by Crippen LogP contribution is -2.45. The van der Waals surface area contributed by atoms with Crippen molar-refractivity contribution in [2.24, 2.45) is 11.7 Å². The normalized spacial score (nSPS) is 24.6. The number of aromatic nitrogens is 4. The maximum atomic E-state index is 14.4. The summed E-state index contributed by atoms with van der Waals surface area (Å²) in [7, 11) is 0. The number of alkyl halides is 1. The molecular weight excluding hydrogens is 530 g/mol. The molecule has 1 aliphatic heterocycles. The zero-order valence-corrected chi connectivity index (χ0v) is 21.5. The summed E-state index contributed by atoms with van der Waals surface area (Å²) in [5.41, 5.74) is 7.15. The second kappa shape index (κ2) is 10.5. The number of rotatable bonds is 6. The van der Waals surface area contributed by atoms with E-state index in [-0.39, 0.29) is 30.5 Å². The van der Waals surface area contributed by atoms with Crippen molar-refractivity contribution in [3.05, 3.63) is 33.4 Å². The summed E-state index contributed by atoms with van der Waals surface area (Å²) in [6.45, 7) is 1.01. The molecule has 0 unspecified atom stereocenters. The van der Waals surface area contributed by atoms with Crippen molar-refractivity contribution < 1.29 is 9.18 Å². The Morgan fingerprint density at radius 3 is 2.50 bits per heavy atom. The van der Waals surface area contributed by atoms with Crippen LogP contribution in [0.4, 0.5) is 22.0 Å². The Kier molecular flexibility index (Phi) is 7.39. The first-order chi connectivity index (χ1) is 17.3. The molecule has 1 aliphatic carbocycles. The predicted octanol–water partition coefficient (Wildman–Crippen LogP) is 4.86. The first kappa shape index (κ1) is 25.3. The van der Waals surface area contributed by atoms with Crippen LogP contribution in [0.25, 0.3) is 11.2 Å². The molecule has 0 bridgehead atoms. The molecule has 0 spiro atoms. The molecule has 1 aromatic carbocycles. The highest BCUT2D eigenvalue weighted by atomic mass is 35.5. The van der Waals surface area contributed by atoms with Crippen LogP contribution in [0.3, 0.4) is 0 Å². The number of hydrogen-bond donors (Lipinski definition) is 4. The van der Waals surface area contributed by atoms with Gasteiger partial charge in [-0.3, -0.25) is 9.36 Å². The Labute approximate surface area is 222 Å². The van der Waals surface area contributed by atoms with Crippen LogP contribution in [0.5, 0.6) is 0 Å². The lowest BCUT2D eigenvalue weighted by Gasteiger charge is -2.29. The standard InChI is InChI=1S/C23H26Cl3FN8O/c24-12-7-14(25)19(15(26)8-12)33-23-32-18-10-30-22(31-17-5-6-29-9-16(17)27)34-21(18)35(23)13-3-1-11(2-4-13)20(28)36/h7-8,10-11,13,16-17,29H,1-6,9H2,(H2,28,36)(H,32,33)(H,30,31,34)/t11-,13+,16-,17+/m1/s1. The lowest BCUT2D eigenvalue weighted by molar-refractivity contribution is -0.122. The number of nitrogens with two attached hydrogens (primary N) is 1. The van der Waals surface area contributed by atoms with Gasteiger partial charge in [0.15, 0.2) is 5.65 Å². The average Bonchev–Trinajstić information content (AvgIpc) is 3.20. The Hall–Kier alpha value is -2.40. The summed E-state index contributed by atoms with van der Waals surface area (Å²) in [5.74, 6) is 0.382. The van der Waals surface area contributed by atoms with Crippen molar-refractivity contribution in [2.75, 3.05) is 23.7 Å². The highest BCUT2D eigenvalue weighted by molar-refractivity contribution is 6.41. The highest BCUT2D eigenvalue weighted by Crippen LogP contribution is 2.40. The van der Waals surface area contributed by atoms with Crippen molar-refractivity contribution in [1.82, 2.24) is 24.8 Å². The van der Waals surface area contributed by atoms with Gasteiger partial charge in [0.2, 0.25) is 17.8 Å². The molecular formula is C23H26Cl3FN8O. The second-order valence-corrected chi connectivity index (χ2v) is 10.5. The van der Waals surface area contributed by atoms with Crippen LogP contribution >= 0.6 is 34.8 Å². The van der Waals surface area contributed by atoms with E-state index in [0.717, 1.165) is 6.54 Å². The van der Waals surface area contributed by atoms with E-state index < -0.39 is 6.17 Å². The maximum Gasteiger partial charge on any atom is 0.225 e. The topological polar surface area (TPSA) is 123 Å². The zero-order chi connectivity index (χ0) is 25.4. The molecule has 3 aromatic rings. The van der Waals surface area contributed by atoms with Crippen LogP contribution in [0.2, 0.25) is 15.1 Å². The Bertz CT molecular complexity index is 1260. The molecule has 9 nitrogen and oxygen atoms in total. The first-order valence-corrected chi connectivity index (χ1v) is 13.0. The van der Waals surface area contributed by atoms with Crippen molar-refractivity contribution in [1.29, 1.82) is 0 Å². The van der Waals surface area contributed by atoms with E-state index in [2.05, 4.69) is 20.9 Å². The van der Waals surface area contributed by atoms with Gasteiger partial charge in [0.05, 0.1) is 28.0 Å². The van der Waals surface area contributed by atoms with E-state index in [0.29, 0.717) is 75.9 Å². The van der Waals surface area contributed by atoms with Gasteiger partial charge in [-0.05, 0) is 50.8 Å². The summed E-state index contributed by atoms with van der Waals surface area (Å²) >= 11 is 18.9. The molecule has 2 aromatic heterocycles. The molecule has 36 heavy (non-hydrogen) atoms. The number of benzene rings is 1. The largest absolute Gasteiger partial charge is 0.369 e. The summed E-state index contributed by atoms with van der Waals surface area (Å²) in [6, 6.07) is 2.80. The number of nitrogens with zero attached hydrogens (tertiary/aromatic N) is 4. The molecule has 1 amide bonds. The van der Waals surface area contributed by atoms with Crippen molar-refractivity contribution in [3.63, 3.8) is 0 Å². The zero-order valence-electron chi connectivity index (χ0n) is 19.3. The Morgan fingerprint density at radius 1 is 1.11 bits per heavy atom. The van der Waals surface area contributed by atoms with Gasteiger partial charge >= 0.3 is 0 Å². The maximum absolute atomic E-state index is 14.4. The number of amides is 1. The van der Waals surface area contributed by atoms with E-state index in [1.807, 2.05) is 4.57 Å². The number of imidazole rings is 1. The van der Waals surface area contributed by atoms with E-state index in [9.17, 15) is 9.18 Å². The third-order valence-electron chi connectivity index (χ3n) is 6.86. The predicted molar refractivity (Wildman–Crippen MR) is 140 cm³/mol. The van der Waals surface area contributed by atoms with Crippen LogP contribution in [-0.2, 0) is 4.79 Å². The van der Waals surface area contributed by atoms with Gasteiger partial charge in [-0.15, -0.1) is 0 Å². The summed E-state index contributed by atoms with van der Waals surface area (Å²) in [6.07, 6.45) is 3.94. The fourth-order valence-electron chi connectivity index (χ4n) is 4.94. The number of hydrogen-bond acceptors (Lipinski definition) is 7. The van der Waals surface area contributed by atoms with Gasteiger partial charge in [-0.2, -0.15) is 4.98 Å². The quantitative estimate of drug-likeness (QED) is 0.343. The monoisotopic (exact) mass is 554 g/mol. The molecule has 5 N–H and O–H groups in total. The van der Waals surface area contributed by atoms with E-state index in [4.69, 9.17) is 50.5 Å². The number of primary amides is 1. The summed E-state index contributed by atoms with van der Waals surface area (Å²) in [5, 5.41) is 10.5. The molecule has 2 aliphatic rings. The third kappa shape index (κ3) is 5.18. The van der Waals surface area contributed by atoms with Crippen LogP contribution in [-0.4, -0.2) is 50.7 Å². The fourth-order valence-corrected chi connectivity index (χ4v) is 5.85. The number of nitrogens with one attached hydrogen (secondary N) is 3. The van der Waals surface area contributed by atoms with Gasteiger partial charge < -0.3 is 21.7 Å². The molecule has 192 valence electrons. The Balaban J connectivity index is 1.53. The van der Waals surface area contributed by atoms with Gasteiger partial charge in [-0.1, -0.05) is 34.8 Å². The van der Waals surface area contributed by atoms with Crippen molar-refractivity contribution in [2.45, 2.75) is 50.4 Å². The summed E-state index contributed by atoms with van der Waals surface area (Å²) in [4.78, 5) is 25.5. The van der Waals surface area contributed by atoms with Gasteiger partial charge in [0.25, 0.3) is 0 Å². The molecule has 0 radical (unpaired) electrons. The lowest BCUT2D eigenvalue weighted by atomic mass is 9.85. The number of piperidine rings is 1. The molecule has 2 fully saturated rings. The molecule has 2 atom stereocenters. The fraction of sp³-hybridized carbons (Fsp3) is 0.478. The molecule has 5 rings (SSSR count). The van der Waals surface area contributed by atoms with Crippen LogP contribution in [0, 0.1) is 5.92 Å². The van der Waals surface area contributed by atoms with Crippen LogP contribution < -0.4 is 21.7 Å². The highest BCUT2D eigenvalue weighted by Gasteiger charge is 2.30. The first-order valence-electron chi connectivity index (χ1n) is 11.9. The SMILES string of the molecule is NC(=O)[C@H]1CC[C@@H](n2c(Nc3c(Cl)cc(Cl)cc3Cl)nc3cnc(N[C@H]4CCNC[C@H]4F)nc32)CC1. The van der Waals surface area contributed by atoms with E-state index >= 15 is 0 Å². The van der Waals surface area contributed by atoms with Gasteiger partial charge in [0, 0.05) is 23.5 Å². The minimum atomic E-state index is -1.04. The van der Waals surface area contributed by atoms with Gasteiger partial charge in [-0.25, -0.2) is 14.4 Å². The summed E-state index contributed by atoms with van der Waals surface area (Å²) < 4.78 is 16.4. The smallest absolute Gasteiger partial charge is 0.225 e. The minimum absolute atomic E-state index is 0.00601. The van der Waals surface area contributed by atoms with E-state index in [1.165, 1.54) is 0 Å². The minimum Gasteiger partial charge on any atom is -0.369 e. The number of fused-ring (bicyclic) bond motifs is 1. The molecule has 13 heteroatoms. The molecule has 1 saturated carbocycles. The second-order valence-electron chi connectivity index (χ2n) is 9.24. The number of halogens is 4. The molecule has 3 heterocycles.